The Morgan fingerprint density at radius 1 is 1.24 bits per heavy atom. The second-order valence-corrected chi connectivity index (χ2v) is 7.62. The Morgan fingerprint density at radius 2 is 2.00 bits per heavy atom. The third-order valence-corrected chi connectivity index (χ3v) is 5.34. The zero-order chi connectivity index (χ0) is 19.9. The van der Waals surface area contributed by atoms with Gasteiger partial charge in [-0.3, -0.25) is 9.89 Å². The van der Waals surface area contributed by atoms with Crippen LogP contribution in [0.5, 0.6) is 0 Å². The molecule has 0 saturated carbocycles. The summed E-state index contributed by atoms with van der Waals surface area (Å²) in [5, 5.41) is 8.26. The van der Waals surface area contributed by atoms with Crippen LogP contribution >= 0.6 is 35.6 Å². The van der Waals surface area contributed by atoms with Crippen molar-refractivity contribution in [1.29, 1.82) is 0 Å². The number of nitrogens with one attached hydrogen (secondary N) is 1. The summed E-state index contributed by atoms with van der Waals surface area (Å²) in [4.78, 5) is 9.66. The molecule has 1 fully saturated rings. The van der Waals surface area contributed by atoms with Gasteiger partial charge in [0.1, 0.15) is 5.76 Å². The van der Waals surface area contributed by atoms with E-state index in [1.165, 1.54) is 11.1 Å². The average Bonchev–Trinajstić information content (AvgIpc) is 3.00. The van der Waals surface area contributed by atoms with Gasteiger partial charge in [0, 0.05) is 56.4 Å². The predicted molar refractivity (Wildman–Crippen MR) is 129 cm³/mol. The Labute approximate surface area is 195 Å². The maximum atomic E-state index is 6.11. The van der Waals surface area contributed by atoms with Crippen molar-refractivity contribution in [1.82, 2.24) is 20.3 Å². The number of aromatic nitrogens is 1. The molecule has 0 spiro atoms. The first-order valence-corrected chi connectivity index (χ1v) is 10.4. The van der Waals surface area contributed by atoms with Crippen molar-refractivity contribution in [3.05, 3.63) is 51.9 Å². The lowest BCUT2D eigenvalue weighted by Crippen LogP contribution is -2.52. The molecular weight excluding hydrogens is 501 g/mol. The minimum Gasteiger partial charge on any atom is -0.361 e. The molecular formula is C21H31ClIN5O. The molecule has 6 nitrogen and oxygen atoms in total. The SMILES string of the molecule is CCNC(=NCCc1c(C)noc1C)N1CCN(Cc2cccc(Cl)c2)CC1.I. The van der Waals surface area contributed by atoms with Crippen LogP contribution in [0.4, 0.5) is 0 Å². The highest BCUT2D eigenvalue weighted by atomic mass is 127. The molecule has 1 saturated heterocycles. The molecule has 8 heteroatoms. The van der Waals surface area contributed by atoms with Crippen LogP contribution in [0, 0.1) is 13.8 Å². The van der Waals surface area contributed by atoms with Gasteiger partial charge in [0.05, 0.1) is 5.69 Å². The van der Waals surface area contributed by atoms with Gasteiger partial charge >= 0.3 is 0 Å². The fraction of sp³-hybridized carbons (Fsp3) is 0.524. The Morgan fingerprint density at radius 3 is 2.62 bits per heavy atom. The Kier molecular flexibility index (Phi) is 9.71. The normalized spacial score (nSPS) is 15.3. The molecule has 160 valence electrons. The van der Waals surface area contributed by atoms with Crippen molar-refractivity contribution < 1.29 is 4.52 Å². The maximum absolute atomic E-state index is 6.11. The lowest BCUT2D eigenvalue weighted by molar-refractivity contribution is 0.172. The third kappa shape index (κ3) is 6.86. The van der Waals surface area contributed by atoms with E-state index in [4.69, 9.17) is 21.1 Å². The molecule has 0 amide bonds. The van der Waals surface area contributed by atoms with Crippen molar-refractivity contribution in [2.75, 3.05) is 39.3 Å². The Balaban J connectivity index is 0.00000300. The van der Waals surface area contributed by atoms with Crippen LogP contribution in [0.3, 0.4) is 0 Å². The average molecular weight is 532 g/mol. The number of piperazine rings is 1. The molecule has 0 unspecified atom stereocenters. The molecule has 0 aliphatic carbocycles. The summed E-state index contributed by atoms with van der Waals surface area (Å²) in [5.41, 5.74) is 3.40. The Bertz CT molecular complexity index is 783. The largest absolute Gasteiger partial charge is 0.361 e. The number of guanidine groups is 1. The van der Waals surface area contributed by atoms with Crippen molar-refractivity contribution in [2.24, 2.45) is 4.99 Å². The van der Waals surface area contributed by atoms with Crippen LogP contribution in [-0.4, -0.2) is 60.2 Å². The van der Waals surface area contributed by atoms with Gasteiger partial charge in [-0.25, -0.2) is 0 Å². The predicted octanol–water partition coefficient (Wildman–Crippen LogP) is 3.89. The van der Waals surface area contributed by atoms with Gasteiger partial charge in [0.15, 0.2) is 5.96 Å². The quantitative estimate of drug-likeness (QED) is 0.348. The topological polar surface area (TPSA) is 56.9 Å². The summed E-state index contributed by atoms with van der Waals surface area (Å²) in [5.74, 6) is 1.89. The molecule has 0 atom stereocenters. The second kappa shape index (κ2) is 11.8. The van der Waals surface area contributed by atoms with Crippen LogP contribution in [0.1, 0.15) is 29.5 Å². The van der Waals surface area contributed by atoms with Crippen LogP contribution in [0.25, 0.3) is 0 Å². The molecule has 1 aliphatic heterocycles. The third-order valence-electron chi connectivity index (χ3n) is 5.11. The van der Waals surface area contributed by atoms with Gasteiger partial charge < -0.3 is 14.7 Å². The maximum Gasteiger partial charge on any atom is 0.194 e. The van der Waals surface area contributed by atoms with E-state index in [-0.39, 0.29) is 24.0 Å². The molecule has 29 heavy (non-hydrogen) atoms. The minimum absolute atomic E-state index is 0. The van der Waals surface area contributed by atoms with E-state index in [0.717, 1.165) is 74.7 Å². The molecule has 1 aromatic carbocycles. The van der Waals surface area contributed by atoms with Crippen LogP contribution < -0.4 is 5.32 Å². The first-order valence-electron chi connectivity index (χ1n) is 9.98. The fourth-order valence-electron chi connectivity index (χ4n) is 3.57. The summed E-state index contributed by atoms with van der Waals surface area (Å²) in [7, 11) is 0. The first-order chi connectivity index (χ1) is 13.6. The van der Waals surface area contributed by atoms with Crippen molar-refractivity contribution in [2.45, 2.75) is 33.7 Å². The van der Waals surface area contributed by atoms with Gasteiger partial charge in [-0.05, 0) is 44.9 Å². The van der Waals surface area contributed by atoms with E-state index >= 15 is 0 Å². The van der Waals surface area contributed by atoms with Gasteiger partial charge in [-0.2, -0.15) is 0 Å². The number of benzene rings is 1. The van der Waals surface area contributed by atoms with E-state index in [0.29, 0.717) is 0 Å². The molecule has 2 aromatic rings. The van der Waals surface area contributed by atoms with E-state index in [9.17, 15) is 0 Å². The summed E-state index contributed by atoms with van der Waals surface area (Å²) in [6.07, 6.45) is 0.852. The molecule has 0 bridgehead atoms. The number of hydrogen-bond donors (Lipinski definition) is 1. The molecule has 1 aliphatic rings. The standard InChI is InChI=1S/C21H30ClN5O.HI/c1-4-23-21(24-9-8-20-16(2)25-28-17(20)3)27-12-10-26(11-13-27)15-18-6-5-7-19(22)14-18;/h5-7,14H,4,8-13,15H2,1-3H3,(H,23,24);1H. The highest BCUT2D eigenvalue weighted by Gasteiger charge is 2.20. The summed E-state index contributed by atoms with van der Waals surface area (Å²) in [6.45, 7) is 12.6. The second-order valence-electron chi connectivity index (χ2n) is 7.18. The van der Waals surface area contributed by atoms with Crippen LogP contribution in [0.2, 0.25) is 5.02 Å². The number of aliphatic imine (C=N–C) groups is 1. The van der Waals surface area contributed by atoms with E-state index in [1.54, 1.807) is 0 Å². The molecule has 1 N–H and O–H groups in total. The number of halogens is 2. The van der Waals surface area contributed by atoms with E-state index in [2.05, 4.69) is 33.3 Å². The zero-order valence-corrected chi connectivity index (χ0v) is 20.5. The van der Waals surface area contributed by atoms with Gasteiger partial charge in [-0.15, -0.1) is 24.0 Å². The molecule has 3 rings (SSSR count). The number of rotatable bonds is 6. The van der Waals surface area contributed by atoms with Gasteiger partial charge in [-0.1, -0.05) is 28.9 Å². The van der Waals surface area contributed by atoms with E-state index < -0.39 is 0 Å². The smallest absolute Gasteiger partial charge is 0.194 e. The van der Waals surface area contributed by atoms with Crippen molar-refractivity contribution in [3.63, 3.8) is 0 Å². The highest BCUT2D eigenvalue weighted by Crippen LogP contribution is 2.15. The van der Waals surface area contributed by atoms with Gasteiger partial charge in [0.2, 0.25) is 0 Å². The fourth-order valence-corrected chi connectivity index (χ4v) is 3.78. The first kappa shape index (κ1) is 24.0. The lowest BCUT2D eigenvalue weighted by atomic mass is 10.1. The lowest BCUT2D eigenvalue weighted by Gasteiger charge is -2.36. The monoisotopic (exact) mass is 531 g/mol. The zero-order valence-electron chi connectivity index (χ0n) is 17.4. The summed E-state index contributed by atoms with van der Waals surface area (Å²) >= 11 is 6.11. The number of aryl methyl sites for hydroxylation is 2. The van der Waals surface area contributed by atoms with Crippen LogP contribution in [0.15, 0.2) is 33.8 Å². The molecule has 0 radical (unpaired) electrons. The summed E-state index contributed by atoms with van der Waals surface area (Å²) in [6, 6.07) is 8.13. The van der Waals surface area contributed by atoms with Crippen LogP contribution in [-0.2, 0) is 13.0 Å². The van der Waals surface area contributed by atoms with Gasteiger partial charge in [0.25, 0.3) is 0 Å². The molecule has 2 heterocycles. The highest BCUT2D eigenvalue weighted by molar-refractivity contribution is 14.0. The minimum atomic E-state index is 0. The summed E-state index contributed by atoms with van der Waals surface area (Å²) < 4.78 is 5.25. The molecule has 1 aromatic heterocycles. The van der Waals surface area contributed by atoms with Crippen molar-refractivity contribution >= 4 is 41.5 Å². The number of hydrogen-bond acceptors (Lipinski definition) is 4. The number of nitrogens with zero attached hydrogens (tertiary/aromatic N) is 4. The van der Waals surface area contributed by atoms with E-state index in [1.807, 2.05) is 32.0 Å². The Hall–Kier alpha value is -1.32. The van der Waals surface area contributed by atoms with Crippen molar-refractivity contribution in [3.8, 4) is 0 Å².